The normalized spacial score (nSPS) is 10.2. The molecule has 2 aromatic carbocycles. The minimum absolute atomic E-state index is 0.194. The van der Waals surface area contributed by atoms with E-state index in [0.717, 1.165) is 11.3 Å². The summed E-state index contributed by atoms with van der Waals surface area (Å²) in [6, 6.07) is 18.9. The number of aromatic nitrogens is 2. The van der Waals surface area contributed by atoms with Crippen LogP contribution in [0.2, 0.25) is 0 Å². The molecular formula is C20H18N4O. The number of hydrogen-bond donors (Lipinski definition) is 1. The lowest BCUT2D eigenvalue weighted by atomic mass is 10.1. The fourth-order valence-corrected chi connectivity index (χ4v) is 2.69. The topological polar surface area (TPSA) is 70.7 Å². The van der Waals surface area contributed by atoms with E-state index in [4.69, 9.17) is 5.26 Å². The number of carbonyl (C=O) groups is 1. The second-order valence-corrected chi connectivity index (χ2v) is 5.65. The Morgan fingerprint density at radius 3 is 2.52 bits per heavy atom. The minimum Gasteiger partial charge on any atom is -0.322 e. The summed E-state index contributed by atoms with van der Waals surface area (Å²) in [7, 11) is 0. The van der Waals surface area contributed by atoms with Gasteiger partial charge >= 0.3 is 0 Å². The van der Waals surface area contributed by atoms with Crippen LogP contribution in [0.25, 0.3) is 0 Å². The zero-order chi connectivity index (χ0) is 17.6. The highest BCUT2D eigenvalue weighted by Gasteiger charge is 2.16. The van der Waals surface area contributed by atoms with E-state index in [2.05, 4.69) is 16.5 Å². The predicted octanol–water partition coefficient (Wildman–Crippen LogP) is 3.62. The molecule has 0 saturated carbocycles. The zero-order valence-electron chi connectivity index (χ0n) is 13.9. The van der Waals surface area contributed by atoms with E-state index in [1.54, 1.807) is 30.5 Å². The lowest BCUT2D eigenvalue weighted by molar-refractivity contribution is 0.102. The van der Waals surface area contributed by atoms with Gasteiger partial charge in [-0.25, -0.2) is 0 Å². The molecule has 5 nitrogen and oxygen atoms in total. The van der Waals surface area contributed by atoms with Crippen LogP contribution in [0, 0.1) is 11.3 Å². The first-order valence-corrected chi connectivity index (χ1v) is 8.11. The minimum atomic E-state index is -0.194. The third-order valence-electron chi connectivity index (χ3n) is 3.98. The van der Waals surface area contributed by atoms with Crippen molar-refractivity contribution in [3.63, 3.8) is 0 Å². The number of nitrogens with zero attached hydrogens (tertiary/aromatic N) is 3. The van der Waals surface area contributed by atoms with E-state index in [1.165, 1.54) is 0 Å². The van der Waals surface area contributed by atoms with Gasteiger partial charge in [-0.3, -0.25) is 9.48 Å². The second-order valence-electron chi connectivity index (χ2n) is 5.65. The average molecular weight is 330 g/mol. The maximum absolute atomic E-state index is 12.6. The first kappa shape index (κ1) is 16.5. The monoisotopic (exact) mass is 330 g/mol. The third-order valence-corrected chi connectivity index (χ3v) is 3.98. The molecule has 3 rings (SSSR count). The van der Waals surface area contributed by atoms with Crippen LogP contribution in [0.1, 0.15) is 34.1 Å². The molecule has 0 aliphatic carbocycles. The Bertz CT molecular complexity index is 905. The summed E-state index contributed by atoms with van der Waals surface area (Å²) >= 11 is 0. The van der Waals surface area contributed by atoms with Crippen LogP contribution in [0.5, 0.6) is 0 Å². The van der Waals surface area contributed by atoms with Crippen LogP contribution in [0.3, 0.4) is 0 Å². The second kappa shape index (κ2) is 7.45. The third kappa shape index (κ3) is 3.75. The first-order chi connectivity index (χ1) is 12.2. The summed E-state index contributed by atoms with van der Waals surface area (Å²) in [6.45, 7) is 2.64. The molecule has 0 saturated heterocycles. The molecule has 1 heterocycles. The van der Waals surface area contributed by atoms with E-state index in [1.807, 2.05) is 41.9 Å². The van der Waals surface area contributed by atoms with Gasteiger partial charge in [0.25, 0.3) is 5.91 Å². The van der Waals surface area contributed by atoms with Crippen molar-refractivity contribution in [2.75, 3.05) is 5.32 Å². The Morgan fingerprint density at radius 1 is 1.16 bits per heavy atom. The van der Waals surface area contributed by atoms with Gasteiger partial charge in [0.15, 0.2) is 0 Å². The number of benzene rings is 2. The molecule has 1 amide bonds. The number of carbonyl (C=O) groups excluding carboxylic acids is 1. The molecule has 0 bridgehead atoms. The average Bonchev–Trinajstić information content (AvgIpc) is 3.06. The molecule has 124 valence electrons. The summed E-state index contributed by atoms with van der Waals surface area (Å²) in [4.78, 5) is 12.6. The maximum atomic E-state index is 12.6. The highest BCUT2D eigenvalue weighted by Crippen LogP contribution is 2.15. The molecule has 1 N–H and O–H groups in total. The van der Waals surface area contributed by atoms with Crippen molar-refractivity contribution >= 4 is 11.6 Å². The van der Waals surface area contributed by atoms with Crippen molar-refractivity contribution in [2.24, 2.45) is 0 Å². The van der Waals surface area contributed by atoms with Gasteiger partial charge in [0.2, 0.25) is 0 Å². The molecule has 0 aliphatic rings. The SMILES string of the molecule is CCc1c(C(=O)Nc2ccc(C#N)cc2)cnn1Cc1ccccc1. The standard InChI is InChI=1S/C20H18N4O/c1-2-19-18(13-22-24(19)14-16-6-4-3-5-7-16)20(25)23-17-10-8-15(12-21)9-11-17/h3-11,13H,2,14H2,1H3,(H,23,25). The van der Waals surface area contributed by atoms with Crippen molar-refractivity contribution < 1.29 is 4.79 Å². The van der Waals surface area contributed by atoms with Crippen LogP contribution in [-0.4, -0.2) is 15.7 Å². The molecule has 0 aliphatic heterocycles. The predicted molar refractivity (Wildman–Crippen MR) is 96.3 cm³/mol. The van der Waals surface area contributed by atoms with Gasteiger partial charge < -0.3 is 5.32 Å². The number of anilines is 1. The summed E-state index contributed by atoms with van der Waals surface area (Å²) in [5, 5.41) is 16.1. The fraction of sp³-hybridized carbons (Fsp3) is 0.150. The Morgan fingerprint density at radius 2 is 1.88 bits per heavy atom. The zero-order valence-corrected chi connectivity index (χ0v) is 13.9. The van der Waals surface area contributed by atoms with Crippen molar-refractivity contribution in [3.05, 3.63) is 83.2 Å². The largest absolute Gasteiger partial charge is 0.322 e. The summed E-state index contributed by atoms with van der Waals surface area (Å²) in [6.07, 6.45) is 2.32. The Balaban J connectivity index is 1.79. The molecule has 0 spiro atoms. The van der Waals surface area contributed by atoms with Gasteiger partial charge in [-0.2, -0.15) is 10.4 Å². The van der Waals surface area contributed by atoms with Crippen LogP contribution >= 0.6 is 0 Å². The molecular weight excluding hydrogens is 312 g/mol. The van der Waals surface area contributed by atoms with E-state index >= 15 is 0 Å². The van der Waals surface area contributed by atoms with E-state index in [-0.39, 0.29) is 5.91 Å². The summed E-state index contributed by atoms with van der Waals surface area (Å²) < 4.78 is 1.86. The van der Waals surface area contributed by atoms with Crippen molar-refractivity contribution in [1.29, 1.82) is 5.26 Å². The molecule has 1 aromatic heterocycles. The van der Waals surface area contributed by atoms with Crippen LogP contribution in [-0.2, 0) is 13.0 Å². The Kier molecular flexibility index (Phi) is 4.91. The van der Waals surface area contributed by atoms with Crippen molar-refractivity contribution in [1.82, 2.24) is 9.78 Å². The van der Waals surface area contributed by atoms with Crippen molar-refractivity contribution in [2.45, 2.75) is 19.9 Å². The van der Waals surface area contributed by atoms with Crippen LogP contribution in [0.4, 0.5) is 5.69 Å². The number of rotatable bonds is 5. The number of hydrogen-bond acceptors (Lipinski definition) is 3. The quantitative estimate of drug-likeness (QED) is 0.777. The first-order valence-electron chi connectivity index (χ1n) is 8.11. The molecule has 3 aromatic rings. The van der Waals surface area contributed by atoms with Gasteiger partial charge in [0, 0.05) is 5.69 Å². The van der Waals surface area contributed by atoms with Gasteiger partial charge in [0.1, 0.15) is 0 Å². The number of nitrogens with one attached hydrogen (secondary N) is 1. The molecule has 0 unspecified atom stereocenters. The maximum Gasteiger partial charge on any atom is 0.259 e. The Labute approximate surface area is 146 Å². The van der Waals surface area contributed by atoms with Crippen LogP contribution in [0.15, 0.2) is 60.8 Å². The number of amides is 1. The Hall–Kier alpha value is -3.39. The lowest BCUT2D eigenvalue weighted by Gasteiger charge is -2.09. The lowest BCUT2D eigenvalue weighted by Crippen LogP contribution is -2.15. The van der Waals surface area contributed by atoms with Crippen LogP contribution < -0.4 is 5.32 Å². The van der Waals surface area contributed by atoms with Gasteiger partial charge in [-0.1, -0.05) is 37.3 Å². The fourth-order valence-electron chi connectivity index (χ4n) is 2.69. The smallest absolute Gasteiger partial charge is 0.259 e. The van der Waals surface area contributed by atoms with Gasteiger partial charge in [-0.15, -0.1) is 0 Å². The highest BCUT2D eigenvalue weighted by atomic mass is 16.1. The molecule has 0 radical (unpaired) electrons. The molecule has 5 heteroatoms. The summed E-state index contributed by atoms with van der Waals surface area (Å²) in [5.74, 6) is -0.194. The van der Waals surface area contributed by atoms with Gasteiger partial charge in [0.05, 0.1) is 35.6 Å². The molecule has 0 fully saturated rings. The van der Waals surface area contributed by atoms with Crippen molar-refractivity contribution in [3.8, 4) is 6.07 Å². The number of nitriles is 1. The van der Waals surface area contributed by atoms with E-state index in [9.17, 15) is 4.79 Å². The summed E-state index contributed by atoms with van der Waals surface area (Å²) in [5.41, 5.74) is 3.82. The molecule has 25 heavy (non-hydrogen) atoms. The van der Waals surface area contributed by atoms with E-state index < -0.39 is 0 Å². The highest BCUT2D eigenvalue weighted by molar-refractivity contribution is 6.04. The van der Waals surface area contributed by atoms with Gasteiger partial charge in [-0.05, 0) is 36.2 Å². The van der Waals surface area contributed by atoms with E-state index in [0.29, 0.717) is 29.8 Å². The molecule has 0 atom stereocenters.